The molecule has 158 valence electrons. The molecule has 0 heterocycles. The second-order valence-electron chi connectivity index (χ2n) is 10.8. The zero-order chi connectivity index (χ0) is 20.2. The van der Waals surface area contributed by atoms with Crippen molar-refractivity contribution >= 4 is 0 Å². The molecule has 0 aromatic carbocycles. The van der Waals surface area contributed by atoms with Crippen LogP contribution in [-0.2, 0) is 4.74 Å². The van der Waals surface area contributed by atoms with Gasteiger partial charge in [-0.15, -0.1) is 0 Å². The Hall–Kier alpha value is -0.680. The van der Waals surface area contributed by atoms with Crippen molar-refractivity contribution in [3.8, 4) is 0 Å². The molecule has 3 fully saturated rings. The van der Waals surface area contributed by atoms with Crippen LogP contribution in [0.3, 0.4) is 0 Å². The van der Waals surface area contributed by atoms with E-state index in [1.165, 1.54) is 30.4 Å². The van der Waals surface area contributed by atoms with Gasteiger partial charge >= 0.3 is 0 Å². The monoisotopic (exact) mass is 390 g/mol. The molecule has 0 aromatic rings. The molecule has 4 rings (SSSR count). The molecular weight excluding hydrogens is 352 g/mol. The summed E-state index contributed by atoms with van der Waals surface area (Å²) in [6, 6.07) is 0. The summed E-state index contributed by atoms with van der Waals surface area (Å²) in [5, 5.41) is 31.0. The van der Waals surface area contributed by atoms with Crippen molar-refractivity contribution in [3.05, 3.63) is 23.3 Å². The Morgan fingerprint density at radius 3 is 2.68 bits per heavy atom. The van der Waals surface area contributed by atoms with Crippen LogP contribution in [0.1, 0.15) is 72.1 Å². The molecule has 0 aromatic heterocycles. The van der Waals surface area contributed by atoms with Gasteiger partial charge in [-0.3, -0.25) is 0 Å². The van der Waals surface area contributed by atoms with E-state index in [0.717, 1.165) is 19.4 Å². The van der Waals surface area contributed by atoms with E-state index in [0.29, 0.717) is 37.7 Å². The number of hydrogen-bond donors (Lipinski definition) is 3. The highest BCUT2D eigenvalue weighted by Gasteiger charge is 2.57. The fourth-order valence-electron chi connectivity index (χ4n) is 6.69. The number of ether oxygens (including phenoxy) is 1. The number of hydrogen-bond acceptors (Lipinski definition) is 4. The van der Waals surface area contributed by atoms with E-state index >= 15 is 0 Å². The van der Waals surface area contributed by atoms with Gasteiger partial charge in [0, 0.05) is 23.9 Å². The van der Waals surface area contributed by atoms with Crippen molar-refractivity contribution in [3.63, 3.8) is 0 Å². The summed E-state index contributed by atoms with van der Waals surface area (Å²) in [7, 11) is 0. The second kappa shape index (κ2) is 7.23. The Bertz CT molecular complexity index is 660. The second-order valence-corrected chi connectivity index (χ2v) is 10.8. The highest BCUT2D eigenvalue weighted by atomic mass is 16.5. The molecule has 2 unspecified atom stereocenters. The first-order valence-electron chi connectivity index (χ1n) is 11.2. The highest BCUT2D eigenvalue weighted by Crippen LogP contribution is 2.63. The maximum absolute atomic E-state index is 11.0. The number of aliphatic hydroxyl groups is 3. The first-order chi connectivity index (χ1) is 13.2. The van der Waals surface area contributed by atoms with Crippen molar-refractivity contribution in [2.75, 3.05) is 13.2 Å². The Morgan fingerprint density at radius 1 is 1.14 bits per heavy atom. The lowest BCUT2D eigenvalue weighted by molar-refractivity contribution is -0.0637. The summed E-state index contributed by atoms with van der Waals surface area (Å²) in [5.41, 5.74) is 2.09. The fourth-order valence-corrected chi connectivity index (χ4v) is 6.69. The van der Waals surface area contributed by atoms with E-state index in [9.17, 15) is 15.3 Å². The first kappa shape index (κ1) is 20.6. The molecule has 3 N–H and O–H groups in total. The predicted molar refractivity (Wildman–Crippen MR) is 110 cm³/mol. The maximum atomic E-state index is 11.0. The lowest BCUT2D eigenvalue weighted by Crippen LogP contribution is -2.52. The van der Waals surface area contributed by atoms with Crippen molar-refractivity contribution < 1.29 is 20.1 Å². The minimum atomic E-state index is -0.673. The average Bonchev–Trinajstić information content (AvgIpc) is 3.04. The summed E-state index contributed by atoms with van der Waals surface area (Å²) >= 11 is 0. The van der Waals surface area contributed by atoms with Gasteiger partial charge < -0.3 is 20.1 Å². The van der Waals surface area contributed by atoms with Gasteiger partial charge in [0.15, 0.2) is 0 Å². The minimum Gasteiger partial charge on any atom is -0.393 e. The Kier molecular flexibility index (Phi) is 5.31. The Morgan fingerprint density at radius 2 is 1.93 bits per heavy atom. The van der Waals surface area contributed by atoms with Crippen LogP contribution in [-0.4, -0.2) is 46.3 Å². The number of allylic oxidation sites excluding steroid dienone is 3. The zero-order valence-corrected chi connectivity index (χ0v) is 17.8. The van der Waals surface area contributed by atoms with E-state index in [1.54, 1.807) is 0 Å². The Balaban J connectivity index is 1.54. The maximum Gasteiger partial charge on any atom is 0.0661 e. The number of rotatable bonds is 5. The molecule has 0 radical (unpaired) electrons. The standard InChI is InChI=1S/C24H38O4/c1-22(2,27)11-12-28-15-24-9-4-5-20(24)18-7-6-16-13-17(25)14-21(26)23(16,3)19(18)8-10-24/h6-7,17,19-21,25-27H,4-5,8-15H2,1-3H3/t17?,19-,20-,21?,23-,24-/m0/s1. The summed E-state index contributed by atoms with van der Waals surface area (Å²) < 4.78 is 6.12. The molecule has 0 spiro atoms. The van der Waals surface area contributed by atoms with Crippen molar-refractivity contribution in [2.24, 2.45) is 22.7 Å². The van der Waals surface area contributed by atoms with Crippen LogP contribution in [0.25, 0.3) is 0 Å². The number of aliphatic hydroxyl groups excluding tert-OH is 2. The van der Waals surface area contributed by atoms with Gasteiger partial charge in [0.25, 0.3) is 0 Å². The lowest BCUT2D eigenvalue weighted by atomic mass is 9.50. The van der Waals surface area contributed by atoms with Gasteiger partial charge in [-0.1, -0.05) is 36.6 Å². The van der Waals surface area contributed by atoms with Crippen LogP contribution in [0.4, 0.5) is 0 Å². The van der Waals surface area contributed by atoms with Gasteiger partial charge in [-0.25, -0.2) is 0 Å². The van der Waals surface area contributed by atoms with Gasteiger partial charge in [0.2, 0.25) is 0 Å². The molecule has 3 saturated carbocycles. The van der Waals surface area contributed by atoms with Crippen LogP contribution in [0.2, 0.25) is 0 Å². The van der Waals surface area contributed by atoms with Crippen molar-refractivity contribution in [2.45, 2.75) is 89.9 Å². The SMILES string of the molecule is CC(C)(O)CCOC[C@@]12CCC[C@H]1C1=CC=C3CC(O)CC(O)[C@]3(C)[C@H]1CC2. The molecule has 4 nitrogen and oxygen atoms in total. The van der Waals surface area contributed by atoms with E-state index in [1.807, 2.05) is 13.8 Å². The van der Waals surface area contributed by atoms with E-state index in [2.05, 4.69) is 19.1 Å². The smallest absolute Gasteiger partial charge is 0.0661 e. The van der Waals surface area contributed by atoms with Crippen molar-refractivity contribution in [1.29, 1.82) is 0 Å². The zero-order valence-electron chi connectivity index (χ0n) is 17.8. The average molecular weight is 391 g/mol. The van der Waals surface area contributed by atoms with Crippen molar-refractivity contribution in [1.82, 2.24) is 0 Å². The molecule has 0 aliphatic heterocycles. The van der Waals surface area contributed by atoms with Crippen LogP contribution in [0.5, 0.6) is 0 Å². The lowest BCUT2D eigenvalue weighted by Gasteiger charge is -2.56. The first-order valence-corrected chi connectivity index (χ1v) is 11.2. The van der Waals surface area contributed by atoms with E-state index in [-0.39, 0.29) is 10.8 Å². The molecule has 0 bridgehead atoms. The summed E-state index contributed by atoms with van der Waals surface area (Å²) in [6.07, 6.45) is 11.4. The third kappa shape index (κ3) is 3.40. The predicted octanol–water partition coefficient (Wildman–Crippen LogP) is 3.75. The van der Waals surface area contributed by atoms with Crippen LogP contribution >= 0.6 is 0 Å². The van der Waals surface area contributed by atoms with Gasteiger partial charge in [0.05, 0.1) is 24.4 Å². The molecule has 28 heavy (non-hydrogen) atoms. The van der Waals surface area contributed by atoms with Gasteiger partial charge in [-0.05, 0) is 64.2 Å². The fraction of sp³-hybridized carbons (Fsp3) is 0.833. The van der Waals surface area contributed by atoms with E-state index in [4.69, 9.17) is 4.74 Å². The topological polar surface area (TPSA) is 69.9 Å². The molecule has 0 amide bonds. The quantitative estimate of drug-likeness (QED) is 0.625. The molecule has 4 heteroatoms. The van der Waals surface area contributed by atoms with Gasteiger partial charge in [-0.2, -0.15) is 0 Å². The minimum absolute atomic E-state index is 0.222. The molecule has 4 aliphatic carbocycles. The third-order valence-corrected chi connectivity index (χ3v) is 8.43. The summed E-state index contributed by atoms with van der Waals surface area (Å²) in [4.78, 5) is 0. The highest BCUT2D eigenvalue weighted by molar-refractivity contribution is 5.39. The molecule has 4 aliphatic rings. The van der Waals surface area contributed by atoms with Crippen LogP contribution in [0, 0.1) is 22.7 Å². The molecule has 0 saturated heterocycles. The van der Waals surface area contributed by atoms with Crippen LogP contribution < -0.4 is 0 Å². The van der Waals surface area contributed by atoms with E-state index < -0.39 is 17.8 Å². The molecule has 6 atom stereocenters. The molecular formula is C24H38O4. The Labute approximate surface area is 169 Å². The summed E-state index contributed by atoms with van der Waals surface area (Å²) in [5.74, 6) is 0.935. The summed E-state index contributed by atoms with van der Waals surface area (Å²) in [6.45, 7) is 7.30. The van der Waals surface area contributed by atoms with Gasteiger partial charge in [0.1, 0.15) is 0 Å². The third-order valence-electron chi connectivity index (χ3n) is 8.43. The normalized spacial score (nSPS) is 42.9. The largest absolute Gasteiger partial charge is 0.393 e. The van der Waals surface area contributed by atoms with Crippen LogP contribution in [0.15, 0.2) is 23.3 Å². The number of fused-ring (bicyclic) bond motifs is 5.